The van der Waals surface area contributed by atoms with Crippen molar-refractivity contribution in [2.45, 2.75) is 57.1 Å². The molecule has 0 spiro atoms. The number of alkyl carbamates (subject to hydrolysis) is 2. The molecule has 0 fully saturated rings. The van der Waals surface area contributed by atoms with Crippen molar-refractivity contribution in [3.05, 3.63) is 0 Å². The molecule has 0 saturated carbocycles. The third-order valence-corrected chi connectivity index (χ3v) is 7.97. The van der Waals surface area contributed by atoms with Crippen molar-refractivity contribution in [3.63, 3.8) is 0 Å². The van der Waals surface area contributed by atoms with E-state index in [1.165, 1.54) is 0 Å². The van der Waals surface area contributed by atoms with E-state index in [9.17, 15) is 9.59 Å². The summed E-state index contributed by atoms with van der Waals surface area (Å²) in [5.74, 6) is 5.44. The van der Waals surface area contributed by atoms with Crippen molar-refractivity contribution in [2.24, 2.45) is 0 Å². The number of carbonyl (C=O) groups excluding carboxylic acids is 2. The number of nitrogens with one attached hydrogen (secondary N) is 3. The molecule has 10 nitrogen and oxygen atoms in total. The van der Waals surface area contributed by atoms with E-state index in [2.05, 4.69) is 41.6 Å². The van der Waals surface area contributed by atoms with Crippen molar-refractivity contribution in [1.29, 1.82) is 0 Å². The van der Waals surface area contributed by atoms with Crippen LogP contribution < -0.4 is 16.0 Å². The van der Waals surface area contributed by atoms with E-state index < -0.39 is 12.2 Å². The first-order valence-corrected chi connectivity index (χ1v) is 14.5. The Morgan fingerprint density at radius 3 is 2.22 bits per heavy atom. The quantitative estimate of drug-likeness (QED) is 0.0800. The Hall–Kier alpha value is -1.36. The van der Waals surface area contributed by atoms with E-state index in [4.69, 9.17) is 23.7 Å². The van der Waals surface area contributed by atoms with Crippen molar-refractivity contribution in [2.75, 3.05) is 72.9 Å². The van der Waals surface area contributed by atoms with Crippen LogP contribution in [0.4, 0.5) is 9.59 Å². The fourth-order valence-electron chi connectivity index (χ4n) is 2.30. The molecule has 210 valence electrons. The molecule has 0 aromatic carbocycles. The lowest BCUT2D eigenvalue weighted by Crippen LogP contribution is -2.29. The lowest BCUT2D eigenvalue weighted by atomic mass is 10.1. The van der Waals surface area contributed by atoms with Gasteiger partial charge in [0, 0.05) is 24.4 Å². The van der Waals surface area contributed by atoms with E-state index in [-0.39, 0.29) is 10.2 Å². The molecule has 0 heterocycles. The zero-order chi connectivity index (χ0) is 26.9. The molecule has 2 amide bonds. The first kappa shape index (κ1) is 34.6. The Kier molecular flexibility index (Phi) is 23.1. The summed E-state index contributed by atoms with van der Waals surface area (Å²) in [4.78, 5) is 23.2. The standard InChI is InChI=1S/C24H45N3O7S2/c1-6-7-11-26-22(28)33-15-9-8-14-32-21(2)35-36-24(3,4)10-16-34-23(29)27-13-18-31-20-19-30-17-12-25-5/h21,25H,8-20H2,1-5H3,(H,26,28)(H,27,29). The normalized spacial score (nSPS) is 11.8. The van der Waals surface area contributed by atoms with Gasteiger partial charge in [-0.2, -0.15) is 0 Å². The fraction of sp³-hybridized carbons (Fsp3) is 0.833. The Labute approximate surface area is 224 Å². The largest absolute Gasteiger partial charge is 0.450 e. The minimum atomic E-state index is -0.450. The number of carbonyl (C=O) groups is 2. The lowest BCUT2D eigenvalue weighted by Gasteiger charge is -2.24. The topological polar surface area (TPSA) is 116 Å². The van der Waals surface area contributed by atoms with Crippen LogP contribution in [0.15, 0.2) is 0 Å². The number of hydrogen-bond acceptors (Lipinski definition) is 10. The van der Waals surface area contributed by atoms with Crippen LogP contribution in [0, 0.1) is 11.8 Å². The second-order valence-electron chi connectivity index (χ2n) is 8.14. The predicted molar refractivity (Wildman–Crippen MR) is 146 cm³/mol. The SMILES string of the molecule is CC#CCNC(=O)OCCCCOC(C)SSC(C)(C)CCOC(=O)NCCOCCOCCNC. The Morgan fingerprint density at radius 2 is 1.53 bits per heavy atom. The number of unbranched alkanes of at least 4 members (excludes halogenated alkanes) is 1. The second-order valence-corrected chi connectivity index (χ2v) is 11.3. The monoisotopic (exact) mass is 551 g/mol. The number of likely N-dealkylation sites (N-methyl/N-ethyl adjacent to an activating group) is 1. The number of ether oxygens (including phenoxy) is 5. The molecule has 0 aromatic rings. The van der Waals surface area contributed by atoms with Gasteiger partial charge in [0.15, 0.2) is 0 Å². The summed E-state index contributed by atoms with van der Waals surface area (Å²) < 4.78 is 26.8. The molecule has 0 aromatic heterocycles. The van der Waals surface area contributed by atoms with Gasteiger partial charge in [0.1, 0.15) is 5.44 Å². The van der Waals surface area contributed by atoms with Crippen LogP contribution in [-0.4, -0.2) is 95.3 Å². The van der Waals surface area contributed by atoms with Crippen LogP contribution >= 0.6 is 21.6 Å². The van der Waals surface area contributed by atoms with Gasteiger partial charge in [-0.05, 0) is 54.0 Å². The van der Waals surface area contributed by atoms with Crippen molar-refractivity contribution in [1.82, 2.24) is 16.0 Å². The minimum Gasteiger partial charge on any atom is -0.450 e. The summed E-state index contributed by atoms with van der Waals surface area (Å²) in [5, 5.41) is 8.23. The average Bonchev–Trinajstić information content (AvgIpc) is 2.84. The van der Waals surface area contributed by atoms with Crippen LogP contribution in [-0.2, 0) is 23.7 Å². The predicted octanol–water partition coefficient (Wildman–Crippen LogP) is 3.41. The Bertz CT molecular complexity index is 631. The van der Waals surface area contributed by atoms with E-state index in [0.29, 0.717) is 65.8 Å². The molecule has 0 bridgehead atoms. The van der Waals surface area contributed by atoms with E-state index in [1.54, 1.807) is 28.5 Å². The summed E-state index contributed by atoms with van der Waals surface area (Å²) in [7, 11) is 5.23. The molecule has 0 aliphatic carbocycles. The van der Waals surface area contributed by atoms with Gasteiger partial charge in [0.2, 0.25) is 0 Å². The van der Waals surface area contributed by atoms with Gasteiger partial charge in [-0.3, -0.25) is 0 Å². The van der Waals surface area contributed by atoms with Crippen LogP contribution in [0.3, 0.4) is 0 Å². The highest BCUT2D eigenvalue weighted by Gasteiger charge is 2.21. The molecule has 0 aliphatic rings. The van der Waals surface area contributed by atoms with Crippen LogP contribution in [0.5, 0.6) is 0 Å². The highest BCUT2D eigenvalue weighted by atomic mass is 33.1. The second kappa shape index (κ2) is 24.0. The van der Waals surface area contributed by atoms with Gasteiger partial charge in [-0.1, -0.05) is 27.5 Å². The smallest absolute Gasteiger partial charge is 0.407 e. The molecule has 1 unspecified atom stereocenters. The van der Waals surface area contributed by atoms with Crippen molar-refractivity contribution >= 4 is 33.8 Å². The summed E-state index contributed by atoms with van der Waals surface area (Å²) >= 11 is 0. The molecule has 12 heteroatoms. The van der Waals surface area contributed by atoms with Gasteiger partial charge in [0.25, 0.3) is 0 Å². The molecular weight excluding hydrogens is 506 g/mol. The van der Waals surface area contributed by atoms with Crippen LogP contribution in [0.1, 0.15) is 47.0 Å². The lowest BCUT2D eigenvalue weighted by molar-refractivity contribution is 0.0497. The van der Waals surface area contributed by atoms with Crippen LogP contribution in [0.25, 0.3) is 0 Å². The fourth-order valence-corrected chi connectivity index (χ4v) is 4.62. The molecular formula is C24H45N3O7S2. The van der Waals surface area contributed by atoms with Crippen molar-refractivity contribution in [3.8, 4) is 11.8 Å². The minimum absolute atomic E-state index is 0.0176. The number of hydrogen-bond donors (Lipinski definition) is 3. The van der Waals surface area contributed by atoms with E-state index >= 15 is 0 Å². The molecule has 3 N–H and O–H groups in total. The zero-order valence-electron chi connectivity index (χ0n) is 22.4. The molecule has 1 atom stereocenters. The molecule has 0 radical (unpaired) electrons. The first-order valence-electron chi connectivity index (χ1n) is 12.3. The molecule has 0 saturated heterocycles. The summed E-state index contributed by atoms with van der Waals surface area (Å²) in [5.41, 5.74) is 0.0176. The first-order chi connectivity index (χ1) is 17.3. The van der Waals surface area contributed by atoms with Gasteiger partial charge >= 0.3 is 12.2 Å². The maximum atomic E-state index is 11.8. The molecule has 0 aliphatic heterocycles. The zero-order valence-corrected chi connectivity index (χ0v) is 24.1. The Balaban J connectivity index is 3.66. The summed E-state index contributed by atoms with van der Waals surface area (Å²) in [6, 6.07) is 0. The summed E-state index contributed by atoms with van der Waals surface area (Å²) in [6.45, 7) is 12.8. The van der Waals surface area contributed by atoms with Crippen molar-refractivity contribution < 1.29 is 33.3 Å². The average molecular weight is 552 g/mol. The Morgan fingerprint density at radius 1 is 0.889 bits per heavy atom. The van der Waals surface area contributed by atoms with Gasteiger partial charge in [-0.25, -0.2) is 9.59 Å². The maximum absolute atomic E-state index is 11.8. The van der Waals surface area contributed by atoms with E-state index in [0.717, 1.165) is 19.4 Å². The summed E-state index contributed by atoms with van der Waals surface area (Å²) in [6.07, 6.45) is 1.37. The highest BCUT2D eigenvalue weighted by Crippen LogP contribution is 2.40. The van der Waals surface area contributed by atoms with E-state index in [1.807, 2.05) is 14.0 Å². The van der Waals surface area contributed by atoms with Gasteiger partial charge in [-0.15, -0.1) is 5.92 Å². The molecule has 36 heavy (non-hydrogen) atoms. The third-order valence-electron chi connectivity index (χ3n) is 4.35. The van der Waals surface area contributed by atoms with Gasteiger partial charge in [0.05, 0.1) is 46.2 Å². The maximum Gasteiger partial charge on any atom is 0.407 e. The highest BCUT2D eigenvalue weighted by molar-refractivity contribution is 8.77. The number of rotatable bonds is 22. The van der Waals surface area contributed by atoms with Crippen LogP contribution in [0.2, 0.25) is 0 Å². The molecule has 0 rings (SSSR count). The van der Waals surface area contributed by atoms with Gasteiger partial charge < -0.3 is 39.6 Å². The third kappa shape index (κ3) is 24.3. The number of amides is 2.